The number of carbonyl (C=O) groups excluding carboxylic acids is 3. The van der Waals surface area contributed by atoms with Gasteiger partial charge < -0.3 is 13.8 Å². The minimum Gasteiger partial charge on any atom is -0.443 e. The highest BCUT2D eigenvalue weighted by atomic mass is 32.2. The highest BCUT2D eigenvalue weighted by Crippen LogP contribution is 2.38. The molecular formula is C23H23N3O4S. The Balaban J connectivity index is 1.70. The zero-order chi connectivity index (χ0) is 22.2. The number of anilines is 1. The molecule has 7 nitrogen and oxygen atoms in total. The van der Waals surface area contributed by atoms with E-state index in [1.807, 2.05) is 16.4 Å². The highest BCUT2D eigenvalue weighted by Gasteiger charge is 2.41. The van der Waals surface area contributed by atoms with E-state index in [0.29, 0.717) is 22.2 Å². The minimum atomic E-state index is -0.665. The molecular weight excluding hydrogens is 414 g/mol. The molecule has 1 aromatic carbocycles. The van der Waals surface area contributed by atoms with Crippen LogP contribution in [-0.4, -0.2) is 45.1 Å². The van der Waals surface area contributed by atoms with Gasteiger partial charge in [-0.05, 0) is 50.9 Å². The Kier molecular flexibility index (Phi) is 5.58. The Morgan fingerprint density at radius 3 is 2.65 bits per heavy atom. The van der Waals surface area contributed by atoms with E-state index < -0.39 is 23.7 Å². The lowest BCUT2D eigenvalue weighted by atomic mass is 9.92. The number of ether oxygens (including phenoxy) is 1. The van der Waals surface area contributed by atoms with Crippen LogP contribution in [0.25, 0.3) is 10.9 Å². The first-order valence-corrected chi connectivity index (χ1v) is 10.9. The first kappa shape index (κ1) is 21.1. The predicted molar refractivity (Wildman–Crippen MR) is 120 cm³/mol. The van der Waals surface area contributed by atoms with Gasteiger partial charge in [0, 0.05) is 29.1 Å². The Hall–Kier alpha value is -3.13. The summed E-state index contributed by atoms with van der Waals surface area (Å²) in [6.07, 6.45) is 5.12. The van der Waals surface area contributed by atoms with Crippen LogP contribution in [0.15, 0.2) is 55.0 Å². The van der Waals surface area contributed by atoms with E-state index in [4.69, 9.17) is 4.74 Å². The third kappa shape index (κ3) is 4.07. The van der Waals surface area contributed by atoms with E-state index >= 15 is 0 Å². The number of aldehydes is 1. The molecule has 3 aromatic rings. The summed E-state index contributed by atoms with van der Waals surface area (Å²) >= 11 is 1.43. The number of benzene rings is 1. The summed E-state index contributed by atoms with van der Waals surface area (Å²) < 4.78 is 8.70. The lowest BCUT2D eigenvalue weighted by Gasteiger charge is -2.22. The van der Waals surface area contributed by atoms with E-state index in [0.717, 1.165) is 12.0 Å². The van der Waals surface area contributed by atoms with Gasteiger partial charge in [0.15, 0.2) is 5.78 Å². The maximum absolute atomic E-state index is 13.5. The second-order valence-corrected chi connectivity index (χ2v) is 9.33. The molecule has 1 aliphatic heterocycles. The molecule has 8 heteroatoms. The topological polar surface area (TPSA) is 81.5 Å². The van der Waals surface area contributed by atoms with Crippen molar-refractivity contribution < 1.29 is 19.1 Å². The number of pyridine rings is 1. The number of ketones is 1. The lowest BCUT2D eigenvalue weighted by molar-refractivity contribution is -0.109. The van der Waals surface area contributed by atoms with Crippen LogP contribution in [0.1, 0.15) is 31.1 Å². The number of fused-ring (bicyclic) bond motifs is 1. The van der Waals surface area contributed by atoms with Crippen LogP contribution in [0, 0.1) is 5.92 Å². The summed E-state index contributed by atoms with van der Waals surface area (Å²) in [5, 5.41) is 0.660. The standard InChI is InChI=1S/C23H23N3O4S/c1-23(2,3)30-22(29)25-12-17(16-8-4-5-9-19(16)25)21(28)18-14-31-26(20(18)13-27)15-7-6-10-24-11-15/h4-13,18,20H,14H2,1-3H3. The molecule has 160 valence electrons. The first-order chi connectivity index (χ1) is 14.8. The molecule has 2 aromatic heterocycles. The molecule has 0 saturated carbocycles. The van der Waals surface area contributed by atoms with E-state index in [1.54, 1.807) is 57.4 Å². The summed E-state index contributed by atoms with van der Waals surface area (Å²) in [5.74, 6) is -0.251. The molecule has 0 radical (unpaired) electrons. The summed E-state index contributed by atoms with van der Waals surface area (Å²) in [4.78, 5) is 42.4. The fourth-order valence-corrected chi connectivity index (χ4v) is 4.95. The summed E-state index contributed by atoms with van der Waals surface area (Å²) in [7, 11) is 0. The largest absolute Gasteiger partial charge is 0.443 e. The quantitative estimate of drug-likeness (QED) is 0.341. The molecule has 0 amide bonds. The molecule has 0 spiro atoms. The van der Waals surface area contributed by atoms with Gasteiger partial charge in [0.25, 0.3) is 0 Å². The van der Waals surface area contributed by atoms with E-state index in [9.17, 15) is 14.4 Å². The normalized spacial score (nSPS) is 18.9. The lowest BCUT2D eigenvalue weighted by Crippen LogP contribution is -2.35. The Bertz CT molecular complexity index is 1140. The Labute approximate surface area is 184 Å². The number of Topliss-reactive ketones (excluding diaryl/α,β-unsaturated/α-hetero) is 1. The van der Waals surface area contributed by atoms with Crippen molar-refractivity contribution in [2.75, 3.05) is 10.1 Å². The number of carbonyl (C=O) groups is 3. The highest BCUT2D eigenvalue weighted by molar-refractivity contribution is 8.01. The fourth-order valence-electron chi connectivity index (χ4n) is 3.66. The number of rotatable bonds is 4. The Morgan fingerprint density at radius 2 is 1.97 bits per heavy atom. The molecule has 0 N–H and O–H groups in total. The number of hydrogen-bond acceptors (Lipinski definition) is 7. The van der Waals surface area contributed by atoms with Gasteiger partial charge in [-0.25, -0.2) is 4.79 Å². The zero-order valence-corrected chi connectivity index (χ0v) is 18.3. The van der Waals surface area contributed by atoms with Crippen molar-refractivity contribution in [2.45, 2.75) is 32.4 Å². The van der Waals surface area contributed by atoms with E-state index in [2.05, 4.69) is 4.98 Å². The van der Waals surface area contributed by atoms with E-state index in [1.165, 1.54) is 22.7 Å². The van der Waals surface area contributed by atoms with Gasteiger partial charge in [0.2, 0.25) is 0 Å². The van der Waals surface area contributed by atoms with Gasteiger partial charge in [-0.2, -0.15) is 0 Å². The summed E-state index contributed by atoms with van der Waals surface area (Å²) in [6, 6.07) is 10.2. The second-order valence-electron chi connectivity index (χ2n) is 8.34. The van der Waals surface area contributed by atoms with Gasteiger partial charge in [-0.1, -0.05) is 18.2 Å². The van der Waals surface area contributed by atoms with Crippen LogP contribution < -0.4 is 4.31 Å². The SMILES string of the molecule is CC(C)(C)OC(=O)n1cc(C(=O)C2CSN(c3cccnc3)C2C=O)c2ccccc21. The van der Waals surface area contributed by atoms with Crippen molar-refractivity contribution >= 4 is 46.7 Å². The van der Waals surface area contributed by atoms with Crippen LogP contribution in [0.3, 0.4) is 0 Å². The van der Waals surface area contributed by atoms with Crippen LogP contribution in [-0.2, 0) is 9.53 Å². The summed E-state index contributed by atoms with van der Waals surface area (Å²) in [6.45, 7) is 5.38. The minimum absolute atomic E-state index is 0.172. The van der Waals surface area contributed by atoms with Gasteiger partial charge in [-0.3, -0.25) is 14.3 Å². The molecule has 1 fully saturated rings. The van der Waals surface area contributed by atoms with Gasteiger partial charge in [0.1, 0.15) is 17.9 Å². The number of hydrogen-bond donors (Lipinski definition) is 0. The number of aromatic nitrogens is 2. The molecule has 0 aliphatic carbocycles. The average Bonchev–Trinajstić information content (AvgIpc) is 3.34. The molecule has 2 atom stereocenters. The van der Waals surface area contributed by atoms with Crippen molar-refractivity contribution in [1.82, 2.24) is 9.55 Å². The molecule has 31 heavy (non-hydrogen) atoms. The van der Waals surface area contributed by atoms with Gasteiger partial charge in [-0.15, -0.1) is 0 Å². The van der Waals surface area contributed by atoms with Crippen molar-refractivity contribution in [1.29, 1.82) is 0 Å². The van der Waals surface area contributed by atoms with Gasteiger partial charge in [0.05, 0.1) is 23.3 Å². The van der Waals surface area contributed by atoms with Crippen molar-refractivity contribution in [2.24, 2.45) is 5.92 Å². The van der Waals surface area contributed by atoms with Crippen LogP contribution >= 0.6 is 11.9 Å². The van der Waals surface area contributed by atoms with Crippen molar-refractivity contribution in [3.05, 3.63) is 60.6 Å². The van der Waals surface area contributed by atoms with E-state index in [-0.39, 0.29) is 5.78 Å². The number of nitrogens with zero attached hydrogens (tertiary/aromatic N) is 3. The zero-order valence-electron chi connectivity index (χ0n) is 17.5. The third-order valence-corrected chi connectivity index (χ3v) is 6.26. The molecule has 4 rings (SSSR count). The Morgan fingerprint density at radius 1 is 1.19 bits per heavy atom. The van der Waals surface area contributed by atoms with Crippen LogP contribution in [0.2, 0.25) is 0 Å². The second kappa shape index (κ2) is 8.19. The average molecular weight is 438 g/mol. The first-order valence-electron chi connectivity index (χ1n) is 9.95. The molecule has 2 unspecified atom stereocenters. The molecule has 0 bridgehead atoms. The fraction of sp³-hybridized carbons (Fsp3) is 0.304. The predicted octanol–water partition coefficient (Wildman–Crippen LogP) is 4.35. The molecule has 3 heterocycles. The monoisotopic (exact) mass is 437 g/mol. The maximum Gasteiger partial charge on any atom is 0.419 e. The van der Waals surface area contributed by atoms with Crippen molar-refractivity contribution in [3.63, 3.8) is 0 Å². The maximum atomic E-state index is 13.5. The molecule has 1 saturated heterocycles. The molecule has 1 aliphatic rings. The van der Waals surface area contributed by atoms with Crippen molar-refractivity contribution in [3.8, 4) is 0 Å². The van der Waals surface area contributed by atoms with Crippen LogP contribution in [0.4, 0.5) is 10.5 Å². The van der Waals surface area contributed by atoms with Gasteiger partial charge >= 0.3 is 6.09 Å². The van der Waals surface area contributed by atoms with Crippen LogP contribution in [0.5, 0.6) is 0 Å². The summed E-state index contributed by atoms with van der Waals surface area (Å²) in [5.41, 5.74) is 1.11. The smallest absolute Gasteiger partial charge is 0.419 e. The third-order valence-electron chi connectivity index (χ3n) is 5.02. The number of para-hydroxylation sites is 1.